The average molecular weight is 330 g/mol. The molecule has 1 saturated heterocycles. The van der Waals surface area contributed by atoms with Crippen LogP contribution in [0.2, 0.25) is 0 Å². The standard InChI is InChI=1S/C18H22N2O4/c21-16-8-2-1-5-9-19(16)12-17(22)20-11-14-7-4-3-6-13(14)10-15(20)18(23)24/h3-4,6-7,15H,1-2,5,8-12H2,(H,23,24). The van der Waals surface area contributed by atoms with Gasteiger partial charge in [0.25, 0.3) is 0 Å². The highest BCUT2D eigenvalue weighted by Gasteiger charge is 2.35. The predicted octanol–water partition coefficient (Wildman–Crippen LogP) is 1.43. The molecule has 1 aromatic rings. The number of carboxylic acids is 1. The van der Waals surface area contributed by atoms with Gasteiger partial charge in [0.15, 0.2) is 0 Å². The van der Waals surface area contributed by atoms with Crippen LogP contribution in [0, 0.1) is 0 Å². The van der Waals surface area contributed by atoms with Crippen molar-refractivity contribution in [2.24, 2.45) is 0 Å². The lowest BCUT2D eigenvalue weighted by molar-refractivity contribution is -0.152. The Hall–Kier alpha value is -2.37. The van der Waals surface area contributed by atoms with Crippen molar-refractivity contribution in [3.05, 3.63) is 35.4 Å². The van der Waals surface area contributed by atoms with Gasteiger partial charge in [0.2, 0.25) is 11.8 Å². The van der Waals surface area contributed by atoms with Gasteiger partial charge >= 0.3 is 5.97 Å². The summed E-state index contributed by atoms with van der Waals surface area (Å²) in [5.41, 5.74) is 1.95. The summed E-state index contributed by atoms with van der Waals surface area (Å²) in [4.78, 5) is 39.4. The van der Waals surface area contributed by atoms with Crippen LogP contribution >= 0.6 is 0 Å². The van der Waals surface area contributed by atoms with E-state index in [1.165, 1.54) is 4.90 Å². The van der Waals surface area contributed by atoms with Gasteiger partial charge in [-0.2, -0.15) is 0 Å². The highest BCUT2D eigenvalue weighted by molar-refractivity contribution is 5.88. The summed E-state index contributed by atoms with van der Waals surface area (Å²) in [7, 11) is 0. The second kappa shape index (κ2) is 7.03. The van der Waals surface area contributed by atoms with E-state index in [2.05, 4.69) is 0 Å². The first-order valence-corrected chi connectivity index (χ1v) is 8.43. The van der Waals surface area contributed by atoms with Gasteiger partial charge in [-0.1, -0.05) is 30.7 Å². The lowest BCUT2D eigenvalue weighted by Crippen LogP contribution is -2.52. The zero-order valence-electron chi connectivity index (χ0n) is 13.6. The van der Waals surface area contributed by atoms with Crippen LogP contribution in [0.5, 0.6) is 0 Å². The number of carbonyl (C=O) groups excluding carboxylic acids is 2. The molecule has 1 aromatic carbocycles. The van der Waals surface area contributed by atoms with E-state index in [1.807, 2.05) is 24.3 Å². The van der Waals surface area contributed by atoms with Crippen LogP contribution in [0.25, 0.3) is 0 Å². The number of likely N-dealkylation sites (tertiary alicyclic amines) is 1. The maximum Gasteiger partial charge on any atom is 0.326 e. The number of hydrogen-bond acceptors (Lipinski definition) is 3. The number of rotatable bonds is 3. The smallest absolute Gasteiger partial charge is 0.326 e. The van der Waals surface area contributed by atoms with Gasteiger partial charge in [-0.3, -0.25) is 9.59 Å². The van der Waals surface area contributed by atoms with Crippen molar-refractivity contribution in [2.45, 2.75) is 44.7 Å². The van der Waals surface area contributed by atoms with Crippen molar-refractivity contribution < 1.29 is 19.5 Å². The van der Waals surface area contributed by atoms with Crippen LogP contribution in [0.4, 0.5) is 0 Å². The molecule has 0 aromatic heterocycles. The van der Waals surface area contributed by atoms with E-state index in [0.717, 1.165) is 30.4 Å². The molecule has 1 unspecified atom stereocenters. The summed E-state index contributed by atoms with van der Waals surface area (Å²) in [6.07, 6.45) is 3.53. The summed E-state index contributed by atoms with van der Waals surface area (Å²) in [5.74, 6) is -1.29. The average Bonchev–Trinajstić information content (AvgIpc) is 2.78. The Labute approximate surface area is 141 Å². The lowest BCUT2D eigenvalue weighted by Gasteiger charge is -2.35. The van der Waals surface area contributed by atoms with E-state index in [9.17, 15) is 19.5 Å². The molecule has 24 heavy (non-hydrogen) atoms. The van der Waals surface area contributed by atoms with Gasteiger partial charge in [0.1, 0.15) is 6.04 Å². The van der Waals surface area contributed by atoms with Gasteiger partial charge in [0.05, 0.1) is 6.54 Å². The first-order chi connectivity index (χ1) is 11.6. The molecular formula is C18H22N2O4. The zero-order chi connectivity index (χ0) is 17.1. The zero-order valence-corrected chi connectivity index (χ0v) is 13.6. The summed E-state index contributed by atoms with van der Waals surface area (Å²) in [6.45, 7) is 0.839. The second-order valence-corrected chi connectivity index (χ2v) is 6.47. The third-order valence-corrected chi connectivity index (χ3v) is 4.85. The second-order valence-electron chi connectivity index (χ2n) is 6.47. The molecule has 3 rings (SSSR count). The van der Waals surface area contributed by atoms with Gasteiger partial charge in [-0.05, 0) is 24.0 Å². The van der Waals surface area contributed by atoms with E-state index in [0.29, 0.717) is 19.4 Å². The molecule has 2 amide bonds. The molecule has 0 aliphatic carbocycles. The third kappa shape index (κ3) is 3.42. The van der Waals surface area contributed by atoms with Crippen molar-refractivity contribution in [1.29, 1.82) is 0 Å². The van der Waals surface area contributed by atoms with Crippen molar-refractivity contribution in [2.75, 3.05) is 13.1 Å². The first kappa shape index (κ1) is 16.5. The number of carboxylic acid groups (broad SMARTS) is 1. The summed E-state index contributed by atoms with van der Waals surface area (Å²) >= 11 is 0. The molecule has 2 aliphatic rings. The van der Waals surface area contributed by atoms with E-state index >= 15 is 0 Å². The molecule has 1 N–H and O–H groups in total. The Bertz CT molecular complexity index is 658. The molecule has 2 aliphatic heterocycles. The highest BCUT2D eigenvalue weighted by atomic mass is 16.4. The number of nitrogens with zero attached hydrogens (tertiary/aromatic N) is 2. The van der Waals surface area contributed by atoms with Gasteiger partial charge in [-0.25, -0.2) is 4.79 Å². The number of benzene rings is 1. The van der Waals surface area contributed by atoms with Crippen molar-refractivity contribution in [3.8, 4) is 0 Å². The van der Waals surface area contributed by atoms with Gasteiger partial charge in [-0.15, -0.1) is 0 Å². The third-order valence-electron chi connectivity index (χ3n) is 4.85. The number of hydrogen-bond donors (Lipinski definition) is 1. The molecule has 6 heteroatoms. The minimum atomic E-state index is -1.000. The summed E-state index contributed by atoms with van der Waals surface area (Å²) in [5, 5.41) is 9.51. The first-order valence-electron chi connectivity index (χ1n) is 8.43. The number of amides is 2. The number of aliphatic carboxylic acids is 1. The monoisotopic (exact) mass is 330 g/mol. The number of carbonyl (C=O) groups is 3. The Morgan fingerprint density at radius 3 is 2.62 bits per heavy atom. The maximum atomic E-state index is 12.7. The molecule has 0 spiro atoms. The fourth-order valence-corrected chi connectivity index (χ4v) is 3.47. The molecule has 0 bridgehead atoms. The van der Waals surface area contributed by atoms with E-state index < -0.39 is 12.0 Å². The van der Waals surface area contributed by atoms with Crippen LogP contribution in [-0.2, 0) is 27.3 Å². The molecule has 128 valence electrons. The quantitative estimate of drug-likeness (QED) is 0.909. The minimum absolute atomic E-state index is 0.00913. The fraction of sp³-hybridized carbons (Fsp3) is 0.500. The minimum Gasteiger partial charge on any atom is -0.480 e. The van der Waals surface area contributed by atoms with Crippen LogP contribution < -0.4 is 0 Å². The van der Waals surface area contributed by atoms with Gasteiger partial charge in [0, 0.05) is 25.9 Å². The molecule has 0 saturated carbocycles. The predicted molar refractivity (Wildman–Crippen MR) is 87.2 cm³/mol. The van der Waals surface area contributed by atoms with Gasteiger partial charge < -0.3 is 14.9 Å². The number of fused-ring (bicyclic) bond motifs is 1. The summed E-state index contributed by atoms with van der Waals surface area (Å²) in [6, 6.07) is 6.73. The van der Waals surface area contributed by atoms with Crippen LogP contribution in [0.1, 0.15) is 36.8 Å². The van der Waals surface area contributed by atoms with Crippen LogP contribution in [-0.4, -0.2) is 51.8 Å². The Morgan fingerprint density at radius 2 is 1.88 bits per heavy atom. The van der Waals surface area contributed by atoms with Crippen molar-refractivity contribution >= 4 is 17.8 Å². The van der Waals surface area contributed by atoms with Crippen molar-refractivity contribution in [3.63, 3.8) is 0 Å². The largest absolute Gasteiger partial charge is 0.480 e. The SMILES string of the molecule is O=C(O)C1Cc2ccccc2CN1C(=O)CN1CCCCCC1=O. The van der Waals surface area contributed by atoms with E-state index in [1.54, 1.807) is 4.90 Å². The molecule has 0 radical (unpaired) electrons. The summed E-state index contributed by atoms with van der Waals surface area (Å²) < 4.78 is 0. The Morgan fingerprint density at radius 1 is 1.12 bits per heavy atom. The Kier molecular flexibility index (Phi) is 4.83. The molecule has 1 atom stereocenters. The maximum absolute atomic E-state index is 12.7. The normalized spacial score (nSPS) is 21.2. The van der Waals surface area contributed by atoms with Crippen molar-refractivity contribution in [1.82, 2.24) is 9.80 Å². The van der Waals surface area contributed by atoms with Crippen LogP contribution in [0.15, 0.2) is 24.3 Å². The highest BCUT2D eigenvalue weighted by Crippen LogP contribution is 2.24. The van der Waals surface area contributed by atoms with E-state index in [-0.39, 0.29) is 24.9 Å². The molecular weight excluding hydrogens is 308 g/mol. The molecule has 6 nitrogen and oxygen atoms in total. The fourth-order valence-electron chi connectivity index (χ4n) is 3.47. The molecule has 2 heterocycles. The van der Waals surface area contributed by atoms with E-state index in [4.69, 9.17) is 0 Å². The Balaban J connectivity index is 1.77. The topological polar surface area (TPSA) is 77.9 Å². The molecule has 1 fully saturated rings. The lowest BCUT2D eigenvalue weighted by atomic mass is 9.94. The van der Waals surface area contributed by atoms with Crippen LogP contribution in [0.3, 0.4) is 0 Å².